The largest absolute Gasteiger partial charge is 0.328 e. The number of fused-ring (bicyclic) bond motifs is 1. The van der Waals surface area contributed by atoms with E-state index < -0.39 is 0 Å². The molecule has 0 saturated carbocycles. The molecule has 20 heavy (non-hydrogen) atoms. The highest BCUT2D eigenvalue weighted by Gasteiger charge is 2.23. The van der Waals surface area contributed by atoms with E-state index in [9.17, 15) is 4.79 Å². The van der Waals surface area contributed by atoms with Crippen LogP contribution in [0.3, 0.4) is 0 Å². The molecular formula is C15H14N4O. The van der Waals surface area contributed by atoms with Gasteiger partial charge in [0.1, 0.15) is 0 Å². The van der Waals surface area contributed by atoms with Gasteiger partial charge in [-0.1, -0.05) is 29.7 Å². The molecule has 1 aliphatic heterocycles. The van der Waals surface area contributed by atoms with E-state index in [0.29, 0.717) is 31.3 Å². The lowest BCUT2D eigenvalue weighted by Gasteiger charge is -2.12. The molecule has 100 valence electrons. The molecule has 0 fully saturated rings. The minimum absolute atomic E-state index is 0.111. The molecule has 2 heterocycles. The number of hydrogen-bond donors (Lipinski definition) is 0. The quantitative estimate of drug-likeness (QED) is 0.763. The molecule has 0 aliphatic carbocycles. The summed E-state index contributed by atoms with van der Waals surface area (Å²) in [4.78, 5) is 14.4. The Kier molecular flexibility index (Phi) is 2.99. The molecule has 0 unspecified atom stereocenters. The Balaban J connectivity index is 2.10. The summed E-state index contributed by atoms with van der Waals surface area (Å²) in [5.41, 5.74) is 2.16. The van der Waals surface area contributed by atoms with Crippen LogP contribution in [0, 0.1) is 19.3 Å². The zero-order chi connectivity index (χ0) is 14.1. The van der Waals surface area contributed by atoms with E-state index in [0.717, 1.165) is 11.1 Å². The maximum Gasteiger partial charge on any atom is 0.281 e. The maximum absolute atomic E-state index is 12.5. The van der Waals surface area contributed by atoms with E-state index in [1.807, 2.05) is 36.1 Å². The van der Waals surface area contributed by atoms with Crippen molar-refractivity contribution in [1.82, 2.24) is 14.8 Å². The molecule has 0 bridgehead atoms. The third kappa shape index (κ3) is 1.95. The zero-order valence-electron chi connectivity index (χ0n) is 11.2. The number of anilines is 1. The minimum atomic E-state index is -0.111. The van der Waals surface area contributed by atoms with Gasteiger partial charge in [-0.3, -0.25) is 9.36 Å². The fourth-order valence-corrected chi connectivity index (χ4v) is 2.40. The van der Waals surface area contributed by atoms with Gasteiger partial charge in [-0.25, -0.2) is 0 Å². The average Bonchev–Trinajstić information content (AvgIpc) is 2.84. The summed E-state index contributed by atoms with van der Waals surface area (Å²) < 4.78 is 1.64. The fraction of sp³-hybridized carbons (Fsp3) is 0.267. The van der Waals surface area contributed by atoms with Crippen molar-refractivity contribution < 1.29 is 0 Å². The van der Waals surface area contributed by atoms with Crippen molar-refractivity contribution in [1.29, 1.82) is 0 Å². The van der Waals surface area contributed by atoms with Crippen LogP contribution in [-0.4, -0.2) is 27.9 Å². The Morgan fingerprint density at radius 1 is 1.35 bits per heavy atom. The molecule has 1 aliphatic rings. The number of terminal acetylenes is 1. The second-order valence-corrected chi connectivity index (χ2v) is 4.80. The first-order chi connectivity index (χ1) is 9.70. The number of benzene rings is 1. The topological polar surface area (TPSA) is 51.0 Å². The molecular weight excluding hydrogens is 252 g/mol. The van der Waals surface area contributed by atoms with E-state index in [1.54, 1.807) is 4.57 Å². The van der Waals surface area contributed by atoms with Crippen LogP contribution in [0.2, 0.25) is 0 Å². The van der Waals surface area contributed by atoms with E-state index in [1.165, 1.54) is 0 Å². The van der Waals surface area contributed by atoms with Gasteiger partial charge < -0.3 is 4.90 Å². The number of aromatic nitrogens is 3. The summed E-state index contributed by atoms with van der Waals surface area (Å²) in [7, 11) is 0. The van der Waals surface area contributed by atoms with Gasteiger partial charge in [0.15, 0.2) is 5.69 Å². The minimum Gasteiger partial charge on any atom is -0.328 e. The monoisotopic (exact) mass is 266 g/mol. The molecule has 5 heteroatoms. The molecule has 0 spiro atoms. The number of aryl methyl sites for hydroxylation is 1. The molecule has 1 aromatic carbocycles. The molecule has 5 nitrogen and oxygen atoms in total. The van der Waals surface area contributed by atoms with Crippen molar-refractivity contribution in [2.24, 2.45) is 0 Å². The van der Waals surface area contributed by atoms with Crippen molar-refractivity contribution in [2.75, 3.05) is 18.0 Å². The van der Waals surface area contributed by atoms with Gasteiger partial charge in [-0.05, 0) is 13.0 Å². The van der Waals surface area contributed by atoms with Gasteiger partial charge in [0.25, 0.3) is 5.56 Å². The fourth-order valence-electron chi connectivity index (χ4n) is 2.40. The Hall–Kier alpha value is -2.61. The predicted molar refractivity (Wildman–Crippen MR) is 77.5 cm³/mol. The summed E-state index contributed by atoms with van der Waals surface area (Å²) in [6.45, 7) is 3.73. The Morgan fingerprint density at radius 2 is 2.20 bits per heavy atom. The van der Waals surface area contributed by atoms with E-state index in [2.05, 4.69) is 16.1 Å². The number of nitrogens with zero attached hydrogens (tertiary/aromatic N) is 4. The van der Waals surface area contributed by atoms with Crippen molar-refractivity contribution >= 4 is 5.95 Å². The highest BCUT2D eigenvalue weighted by atomic mass is 16.1. The number of hydrogen-bond acceptors (Lipinski definition) is 4. The van der Waals surface area contributed by atoms with Gasteiger partial charge >= 0.3 is 0 Å². The van der Waals surface area contributed by atoms with Crippen LogP contribution in [0.5, 0.6) is 0 Å². The first kappa shape index (κ1) is 12.4. The van der Waals surface area contributed by atoms with Gasteiger partial charge in [0.05, 0.1) is 6.54 Å². The smallest absolute Gasteiger partial charge is 0.281 e. The summed E-state index contributed by atoms with van der Waals surface area (Å²) in [6.07, 6.45) is 5.31. The average molecular weight is 266 g/mol. The lowest BCUT2D eigenvalue weighted by atomic mass is 10.1. The highest BCUT2D eigenvalue weighted by Crippen LogP contribution is 2.18. The van der Waals surface area contributed by atoms with Crippen LogP contribution in [0.4, 0.5) is 5.95 Å². The first-order valence-corrected chi connectivity index (χ1v) is 6.43. The van der Waals surface area contributed by atoms with Gasteiger partial charge in [0, 0.05) is 18.7 Å². The van der Waals surface area contributed by atoms with Gasteiger partial charge in [0.2, 0.25) is 5.95 Å². The summed E-state index contributed by atoms with van der Waals surface area (Å²) in [5.74, 6) is 3.13. The van der Waals surface area contributed by atoms with E-state index in [-0.39, 0.29) is 5.56 Å². The van der Waals surface area contributed by atoms with Crippen LogP contribution in [0.25, 0.3) is 11.3 Å². The molecule has 0 radical (unpaired) electrons. The van der Waals surface area contributed by atoms with Crippen LogP contribution >= 0.6 is 0 Å². The van der Waals surface area contributed by atoms with Crippen LogP contribution in [-0.2, 0) is 6.54 Å². The van der Waals surface area contributed by atoms with Crippen molar-refractivity contribution in [3.63, 3.8) is 0 Å². The Morgan fingerprint density at radius 3 is 2.95 bits per heavy atom. The lowest BCUT2D eigenvalue weighted by molar-refractivity contribution is 0.741. The maximum atomic E-state index is 12.5. The second kappa shape index (κ2) is 4.82. The molecule has 0 N–H and O–H groups in total. The normalized spacial score (nSPS) is 13.1. The number of rotatable bonds is 2. The molecule has 1 aromatic heterocycles. The van der Waals surface area contributed by atoms with E-state index >= 15 is 0 Å². The second-order valence-electron chi connectivity index (χ2n) is 4.80. The third-order valence-electron chi connectivity index (χ3n) is 3.38. The highest BCUT2D eigenvalue weighted by molar-refractivity contribution is 5.59. The summed E-state index contributed by atoms with van der Waals surface area (Å²) >= 11 is 0. The predicted octanol–water partition coefficient (Wildman–Crippen LogP) is 1.07. The standard InChI is InChI=1S/C15H14N4O/c1-3-7-18-8-9-19-14(20)13(16-17-15(18)19)12-6-4-5-11(2)10-12/h1,4-6,10H,7-9H2,2H3. The van der Waals surface area contributed by atoms with Crippen molar-refractivity contribution in [3.8, 4) is 23.6 Å². The van der Waals surface area contributed by atoms with Gasteiger partial charge in [-0.15, -0.1) is 16.6 Å². The first-order valence-electron chi connectivity index (χ1n) is 6.43. The molecule has 2 aromatic rings. The molecule has 0 saturated heterocycles. The third-order valence-corrected chi connectivity index (χ3v) is 3.38. The Bertz CT molecular complexity index is 757. The van der Waals surface area contributed by atoms with Crippen molar-refractivity contribution in [3.05, 3.63) is 40.2 Å². The van der Waals surface area contributed by atoms with Crippen LogP contribution in [0.15, 0.2) is 29.1 Å². The van der Waals surface area contributed by atoms with Crippen LogP contribution < -0.4 is 10.5 Å². The molecule has 0 amide bonds. The lowest BCUT2D eigenvalue weighted by Crippen LogP contribution is -2.25. The zero-order valence-corrected chi connectivity index (χ0v) is 11.2. The SMILES string of the molecule is C#CCN1CCn2c1nnc(-c1cccc(C)c1)c2=O. The van der Waals surface area contributed by atoms with Gasteiger partial charge in [-0.2, -0.15) is 0 Å². The molecule has 0 atom stereocenters. The van der Waals surface area contributed by atoms with Crippen LogP contribution in [0.1, 0.15) is 5.56 Å². The molecule has 3 rings (SSSR count). The van der Waals surface area contributed by atoms with Crippen molar-refractivity contribution in [2.45, 2.75) is 13.5 Å². The Labute approximate surface area is 116 Å². The van der Waals surface area contributed by atoms with E-state index in [4.69, 9.17) is 6.42 Å². The summed E-state index contributed by atoms with van der Waals surface area (Å²) in [6, 6.07) is 7.71. The summed E-state index contributed by atoms with van der Waals surface area (Å²) in [5, 5.41) is 8.27.